The Labute approximate surface area is 171 Å². The Morgan fingerprint density at radius 1 is 1.14 bits per heavy atom. The number of amides is 1. The number of pyridine rings is 1. The number of hydrogen-bond donors (Lipinski definition) is 1. The average Bonchev–Trinajstić information content (AvgIpc) is 2.66. The molecular formula is C21H27N3O4S. The Hall–Kier alpha value is -2.45. The molecule has 3 rings (SSSR count). The molecule has 0 bridgehead atoms. The van der Waals surface area contributed by atoms with Gasteiger partial charge in [-0.1, -0.05) is 13.0 Å². The summed E-state index contributed by atoms with van der Waals surface area (Å²) in [6.45, 7) is 6.58. The number of anilines is 1. The van der Waals surface area contributed by atoms with Crippen molar-refractivity contribution in [2.75, 3.05) is 18.4 Å². The Balaban J connectivity index is 1.78. The maximum atomic E-state index is 12.9. The Kier molecular flexibility index (Phi) is 6.24. The Bertz CT molecular complexity index is 1070. The highest BCUT2D eigenvalue weighted by atomic mass is 32.2. The van der Waals surface area contributed by atoms with Gasteiger partial charge in [-0.05, 0) is 68.0 Å². The topological polar surface area (TPSA) is 88.5 Å². The van der Waals surface area contributed by atoms with Crippen molar-refractivity contribution >= 4 is 21.6 Å². The van der Waals surface area contributed by atoms with E-state index in [1.807, 2.05) is 26.0 Å². The zero-order valence-corrected chi connectivity index (χ0v) is 17.8. The summed E-state index contributed by atoms with van der Waals surface area (Å²) in [5.41, 5.74) is 2.12. The van der Waals surface area contributed by atoms with E-state index >= 15 is 0 Å². The second kappa shape index (κ2) is 8.51. The number of nitrogens with one attached hydrogen (secondary N) is 1. The molecular weight excluding hydrogens is 390 g/mol. The number of piperidine rings is 1. The summed E-state index contributed by atoms with van der Waals surface area (Å²) in [7, 11) is -3.88. The molecule has 1 aliphatic rings. The smallest absolute Gasteiger partial charge is 0.271 e. The van der Waals surface area contributed by atoms with Crippen LogP contribution in [-0.4, -0.2) is 36.3 Å². The third-order valence-corrected chi connectivity index (χ3v) is 7.36. The minimum Gasteiger partial charge on any atom is -0.325 e. The lowest BCUT2D eigenvalue weighted by Crippen LogP contribution is -2.41. The molecule has 0 radical (unpaired) electrons. The summed E-state index contributed by atoms with van der Waals surface area (Å²) < 4.78 is 28.3. The van der Waals surface area contributed by atoms with Gasteiger partial charge in [-0.15, -0.1) is 0 Å². The van der Waals surface area contributed by atoms with Crippen molar-refractivity contribution in [3.05, 3.63) is 58.0 Å². The number of hydrogen-bond acceptors (Lipinski definition) is 4. The van der Waals surface area contributed by atoms with E-state index in [0.717, 1.165) is 28.5 Å². The lowest BCUT2D eigenvalue weighted by molar-refractivity contribution is -0.116. The maximum absolute atomic E-state index is 12.9. The van der Waals surface area contributed by atoms with Gasteiger partial charge in [0.2, 0.25) is 15.9 Å². The number of aryl methyl sites for hydroxylation is 2. The summed E-state index contributed by atoms with van der Waals surface area (Å²) >= 11 is 0. The summed E-state index contributed by atoms with van der Waals surface area (Å²) in [4.78, 5) is 24.9. The summed E-state index contributed by atoms with van der Waals surface area (Å²) in [6, 6.07) is 8.36. The van der Waals surface area contributed by atoms with Crippen molar-refractivity contribution in [3.8, 4) is 0 Å². The van der Waals surface area contributed by atoms with Crippen LogP contribution in [0.2, 0.25) is 0 Å². The number of rotatable bonds is 5. The maximum Gasteiger partial charge on any atom is 0.271 e. The molecule has 8 heteroatoms. The zero-order chi connectivity index (χ0) is 21.2. The van der Waals surface area contributed by atoms with Crippen LogP contribution < -0.4 is 10.9 Å². The van der Waals surface area contributed by atoms with Gasteiger partial charge in [0.25, 0.3) is 5.56 Å². The fraction of sp³-hybridized carbons (Fsp3) is 0.429. The molecule has 0 atom stereocenters. The van der Waals surface area contributed by atoms with Crippen LogP contribution in [0.1, 0.15) is 30.9 Å². The first kappa shape index (κ1) is 21.3. The Morgan fingerprint density at radius 3 is 2.48 bits per heavy atom. The number of nitrogens with zero attached hydrogens (tertiary/aromatic N) is 2. The zero-order valence-electron chi connectivity index (χ0n) is 17.0. The average molecular weight is 418 g/mol. The van der Waals surface area contributed by atoms with Gasteiger partial charge in [0.05, 0.1) is 0 Å². The van der Waals surface area contributed by atoms with E-state index < -0.39 is 21.5 Å². The number of aromatic nitrogens is 1. The number of carbonyl (C=O) groups excluding carboxylic acids is 1. The molecule has 0 spiro atoms. The van der Waals surface area contributed by atoms with Crippen LogP contribution in [-0.2, 0) is 21.4 Å². The summed E-state index contributed by atoms with van der Waals surface area (Å²) in [6.07, 6.45) is 2.98. The third-order valence-electron chi connectivity index (χ3n) is 5.45. The molecule has 7 nitrogen and oxygen atoms in total. The van der Waals surface area contributed by atoms with Crippen molar-refractivity contribution in [1.29, 1.82) is 0 Å². The number of benzene rings is 1. The van der Waals surface area contributed by atoms with E-state index in [4.69, 9.17) is 0 Å². The number of carbonyl (C=O) groups is 1. The largest absolute Gasteiger partial charge is 0.325 e. The second-order valence-electron chi connectivity index (χ2n) is 7.74. The molecule has 0 unspecified atom stereocenters. The van der Waals surface area contributed by atoms with Gasteiger partial charge >= 0.3 is 0 Å². The van der Waals surface area contributed by atoms with Crippen LogP contribution in [0, 0.1) is 19.8 Å². The second-order valence-corrected chi connectivity index (χ2v) is 9.65. The van der Waals surface area contributed by atoms with Crippen LogP contribution in [0.5, 0.6) is 0 Å². The molecule has 0 saturated carbocycles. The van der Waals surface area contributed by atoms with E-state index in [-0.39, 0.29) is 11.4 Å². The quantitative estimate of drug-likeness (QED) is 0.810. The molecule has 1 saturated heterocycles. The van der Waals surface area contributed by atoms with Crippen molar-refractivity contribution in [2.45, 2.75) is 45.1 Å². The highest BCUT2D eigenvalue weighted by molar-refractivity contribution is 7.89. The first-order valence-electron chi connectivity index (χ1n) is 9.75. The molecule has 29 heavy (non-hydrogen) atoms. The van der Waals surface area contributed by atoms with E-state index in [1.165, 1.54) is 22.6 Å². The minimum atomic E-state index is -3.88. The van der Waals surface area contributed by atoms with Gasteiger partial charge in [0.15, 0.2) is 0 Å². The van der Waals surface area contributed by atoms with Crippen LogP contribution in [0.3, 0.4) is 0 Å². The predicted molar refractivity (Wildman–Crippen MR) is 112 cm³/mol. The molecule has 1 aromatic heterocycles. The summed E-state index contributed by atoms with van der Waals surface area (Å²) in [5, 5.41) is 2.75. The highest BCUT2D eigenvalue weighted by Gasteiger charge is 2.30. The lowest BCUT2D eigenvalue weighted by Gasteiger charge is -2.29. The minimum absolute atomic E-state index is 0.258. The highest BCUT2D eigenvalue weighted by Crippen LogP contribution is 2.21. The molecule has 156 valence electrons. The van der Waals surface area contributed by atoms with Crippen molar-refractivity contribution in [3.63, 3.8) is 0 Å². The molecule has 1 aliphatic heterocycles. The fourth-order valence-electron chi connectivity index (χ4n) is 3.37. The van der Waals surface area contributed by atoms with Gasteiger partial charge < -0.3 is 9.88 Å². The molecule has 0 aliphatic carbocycles. The van der Waals surface area contributed by atoms with Crippen molar-refractivity contribution in [2.24, 2.45) is 5.92 Å². The molecule has 1 fully saturated rings. The predicted octanol–water partition coefficient (Wildman–Crippen LogP) is 2.52. The van der Waals surface area contributed by atoms with Crippen LogP contribution >= 0.6 is 0 Å². The standard InChI is InChI=1S/C21H27N3O4S/c1-15-8-11-24(12-9-15)29(27,28)19-5-4-10-23(21(19)26)14-20(25)22-18-7-6-16(2)17(3)13-18/h4-7,10,13,15H,8-9,11-12,14H2,1-3H3,(H,22,25). The SMILES string of the molecule is Cc1ccc(NC(=O)Cn2cccc(S(=O)(=O)N3CCC(C)CC3)c2=O)cc1C. The summed E-state index contributed by atoms with van der Waals surface area (Å²) in [5.74, 6) is 0.0830. The van der Waals surface area contributed by atoms with Crippen molar-refractivity contribution < 1.29 is 13.2 Å². The first-order valence-corrected chi connectivity index (χ1v) is 11.2. The van der Waals surface area contributed by atoms with Gasteiger partial charge in [-0.25, -0.2) is 8.42 Å². The van der Waals surface area contributed by atoms with E-state index in [1.54, 1.807) is 6.07 Å². The molecule has 2 aromatic rings. The van der Waals surface area contributed by atoms with Gasteiger partial charge in [-0.3, -0.25) is 9.59 Å². The number of sulfonamides is 1. The Morgan fingerprint density at radius 2 is 1.83 bits per heavy atom. The van der Waals surface area contributed by atoms with E-state index in [0.29, 0.717) is 24.7 Å². The fourth-order valence-corrected chi connectivity index (χ4v) is 4.93. The third kappa shape index (κ3) is 4.76. The first-order chi connectivity index (χ1) is 13.7. The van der Waals surface area contributed by atoms with Crippen LogP contribution in [0.4, 0.5) is 5.69 Å². The normalized spacial score (nSPS) is 16.0. The molecule has 1 N–H and O–H groups in total. The van der Waals surface area contributed by atoms with Crippen LogP contribution in [0.25, 0.3) is 0 Å². The van der Waals surface area contributed by atoms with Crippen LogP contribution in [0.15, 0.2) is 46.2 Å². The van der Waals surface area contributed by atoms with Gasteiger partial charge in [0.1, 0.15) is 11.4 Å². The van der Waals surface area contributed by atoms with E-state index in [9.17, 15) is 18.0 Å². The van der Waals surface area contributed by atoms with Gasteiger partial charge in [0, 0.05) is 25.0 Å². The monoisotopic (exact) mass is 417 g/mol. The molecule has 1 aromatic carbocycles. The van der Waals surface area contributed by atoms with Crippen molar-refractivity contribution in [1.82, 2.24) is 8.87 Å². The van der Waals surface area contributed by atoms with Gasteiger partial charge in [-0.2, -0.15) is 4.31 Å². The van der Waals surface area contributed by atoms with E-state index in [2.05, 4.69) is 12.2 Å². The molecule has 1 amide bonds. The lowest BCUT2D eigenvalue weighted by atomic mass is 10.0. The molecule has 2 heterocycles.